The summed E-state index contributed by atoms with van der Waals surface area (Å²) in [5.74, 6) is -0.331. The van der Waals surface area contributed by atoms with Crippen LogP contribution in [0.5, 0.6) is 0 Å². The van der Waals surface area contributed by atoms with Crippen molar-refractivity contribution >= 4 is 54.2 Å². The van der Waals surface area contributed by atoms with E-state index in [9.17, 15) is 13.2 Å². The van der Waals surface area contributed by atoms with Crippen molar-refractivity contribution in [3.05, 3.63) is 88.9 Å². The van der Waals surface area contributed by atoms with Crippen LogP contribution in [-0.2, 0) is 21.4 Å². The molecule has 1 saturated heterocycles. The van der Waals surface area contributed by atoms with Crippen LogP contribution in [0.15, 0.2) is 77.7 Å². The van der Waals surface area contributed by atoms with Crippen molar-refractivity contribution in [1.82, 2.24) is 9.29 Å². The van der Waals surface area contributed by atoms with E-state index < -0.39 is 10.0 Å². The van der Waals surface area contributed by atoms with Gasteiger partial charge in [-0.1, -0.05) is 77.0 Å². The van der Waals surface area contributed by atoms with Gasteiger partial charge in [0, 0.05) is 19.0 Å². The highest BCUT2D eigenvalue weighted by Gasteiger charge is 2.35. The second-order valence-corrected chi connectivity index (χ2v) is 12.3. The van der Waals surface area contributed by atoms with Crippen molar-refractivity contribution in [2.45, 2.75) is 31.2 Å². The van der Waals surface area contributed by atoms with Crippen molar-refractivity contribution < 1.29 is 13.2 Å². The van der Waals surface area contributed by atoms with Gasteiger partial charge in [0.2, 0.25) is 15.9 Å². The predicted octanol–water partition coefficient (Wildman–Crippen LogP) is 5.89. The van der Waals surface area contributed by atoms with E-state index in [1.165, 1.54) is 15.6 Å². The first-order chi connectivity index (χ1) is 17.3. The van der Waals surface area contributed by atoms with Crippen LogP contribution in [-0.4, -0.2) is 36.7 Å². The molecule has 1 aromatic heterocycles. The fraction of sp³-hybridized carbons (Fsp3) is 0.259. The Morgan fingerprint density at radius 2 is 1.72 bits per heavy atom. The summed E-state index contributed by atoms with van der Waals surface area (Å²) in [6.45, 7) is 2.92. The van der Waals surface area contributed by atoms with E-state index >= 15 is 0 Å². The molecule has 36 heavy (non-hydrogen) atoms. The van der Waals surface area contributed by atoms with E-state index in [1.54, 1.807) is 35.2 Å². The maximum atomic E-state index is 13.8. The van der Waals surface area contributed by atoms with E-state index in [1.807, 2.05) is 49.4 Å². The predicted molar refractivity (Wildman–Crippen MR) is 145 cm³/mol. The molecule has 0 atom stereocenters. The molecule has 0 radical (unpaired) electrons. The van der Waals surface area contributed by atoms with Crippen LogP contribution in [0.3, 0.4) is 0 Å². The number of fused-ring (bicyclic) bond motifs is 1. The van der Waals surface area contributed by atoms with Gasteiger partial charge in [-0.3, -0.25) is 9.69 Å². The van der Waals surface area contributed by atoms with Gasteiger partial charge in [0.1, 0.15) is 5.52 Å². The Kier molecular flexibility index (Phi) is 7.12. The van der Waals surface area contributed by atoms with Gasteiger partial charge < -0.3 is 0 Å². The number of benzene rings is 3. The Morgan fingerprint density at radius 1 is 1.03 bits per heavy atom. The Hall–Kier alpha value is -2.78. The molecule has 5 rings (SSSR count). The molecule has 0 N–H and O–H groups in total. The highest BCUT2D eigenvalue weighted by molar-refractivity contribution is 7.89. The lowest BCUT2D eigenvalue weighted by Crippen LogP contribution is -2.44. The van der Waals surface area contributed by atoms with Crippen LogP contribution in [0, 0.1) is 12.8 Å². The summed E-state index contributed by atoms with van der Waals surface area (Å²) in [5.41, 5.74) is 2.69. The molecule has 1 aliphatic rings. The number of aromatic nitrogens is 1. The summed E-state index contributed by atoms with van der Waals surface area (Å²) < 4.78 is 28.6. The van der Waals surface area contributed by atoms with Crippen molar-refractivity contribution in [1.29, 1.82) is 0 Å². The molecule has 186 valence electrons. The third-order valence-corrected chi connectivity index (χ3v) is 9.76. The number of amides is 1. The number of rotatable bonds is 6. The molecule has 3 aromatic carbocycles. The van der Waals surface area contributed by atoms with Crippen LogP contribution in [0.2, 0.25) is 5.02 Å². The zero-order valence-corrected chi connectivity index (χ0v) is 22.2. The number of thiazole rings is 1. The van der Waals surface area contributed by atoms with Crippen LogP contribution in [0.4, 0.5) is 5.13 Å². The normalized spacial score (nSPS) is 15.3. The average molecular weight is 540 g/mol. The van der Waals surface area contributed by atoms with Gasteiger partial charge >= 0.3 is 0 Å². The number of halogens is 1. The number of hydrogen-bond donors (Lipinski definition) is 0. The third-order valence-electron chi connectivity index (χ3n) is 6.50. The quantitative estimate of drug-likeness (QED) is 0.306. The van der Waals surface area contributed by atoms with E-state index in [4.69, 9.17) is 16.6 Å². The van der Waals surface area contributed by atoms with Crippen LogP contribution < -0.4 is 4.90 Å². The fourth-order valence-corrected chi connectivity index (χ4v) is 7.19. The van der Waals surface area contributed by atoms with Crippen LogP contribution in [0.1, 0.15) is 24.0 Å². The molecular formula is C27H26ClN3O3S2. The number of carbonyl (C=O) groups is 1. The molecule has 0 spiro atoms. The largest absolute Gasteiger partial charge is 0.283 e. The molecule has 4 aromatic rings. The zero-order valence-electron chi connectivity index (χ0n) is 19.8. The lowest BCUT2D eigenvalue weighted by Gasteiger charge is -2.33. The molecule has 0 unspecified atom stereocenters. The number of hydrogen-bond acceptors (Lipinski definition) is 5. The van der Waals surface area contributed by atoms with E-state index in [2.05, 4.69) is 0 Å². The number of anilines is 1. The maximum Gasteiger partial charge on any atom is 0.243 e. The number of piperidine rings is 1. The van der Waals surface area contributed by atoms with Crippen molar-refractivity contribution in [3.8, 4) is 0 Å². The van der Waals surface area contributed by atoms with Gasteiger partial charge in [-0.2, -0.15) is 4.31 Å². The number of para-hydroxylation sites is 1. The lowest BCUT2D eigenvalue weighted by atomic mass is 9.96. The molecule has 1 aliphatic heterocycles. The summed E-state index contributed by atoms with van der Waals surface area (Å²) >= 11 is 7.80. The second kappa shape index (κ2) is 10.3. The van der Waals surface area contributed by atoms with E-state index in [0.717, 1.165) is 15.8 Å². The van der Waals surface area contributed by atoms with Gasteiger partial charge in [0.15, 0.2) is 5.13 Å². The molecule has 2 heterocycles. The lowest BCUT2D eigenvalue weighted by molar-refractivity contribution is -0.123. The molecule has 1 fully saturated rings. The zero-order chi connectivity index (χ0) is 25.3. The monoisotopic (exact) mass is 539 g/mol. The van der Waals surface area contributed by atoms with Crippen molar-refractivity contribution in [3.63, 3.8) is 0 Å². The fourth-order valence-electron chi connectivity index (χ4n) is 4.45. The summed E-state index contributed by atoms with van der Waals surface area (Å²) in [5, 5.41) is 1.15. The van der Waals surface area contributed by atoms with E-state index in [0.29, 0.717) is 48.1 Å². The Bertz CT molecular complexity index is 1480. The first kappa shape index (κ1) is 24.9. The molecule has 6 nitrogen and oxygen atoms in total. The van der Waals surface area contributed by atoms with Gasteiger partial charge in [0.05, 0.1) is 21.2 Å². The first-order valence-corrected chi connectivity index (χ1v) is 14.4. The summed E-state index contributed by atoms with van der Waals surface area (Å²) in [6, 6.07) is 22.3. The first-order valence-electron chi connectivity index (χ1n) is 11.8. The molecule has 0 bridgehead atoms. The third kappa shape index (κ3) is 5.04. The highest BCUT2D eigenvalue weighted by atomic mass is 35.5. The summed E-state index contributed by atoms with van der Waals surface area (Å²) in [4.78, 5) is 20.5. The molecule has 0 saturated carbocycles. The highest BCUT2D eigenvalue weighted by Crippen LogP contribution is 2.35. The Morgan fingerprint density at radius 3 is 2.39 bits per heavy atom. The standard InChI is InChI=1S/C27H26ClN3O3S2/c1-19-10-12-22(13-11-19)36(33,34)30-16-14-21(15-17-30)26(32)31(18-20-6-3-2-4-7-20)27-29-25-23(28)8-5-9-24(25)35-27/h2-13,21H,14-18H2,1H3. The molecular weight excluding hydrogens is 514 g/mol. The van der Waals surface area contributed by atoms with E-state index in [-0.39, 0.29) is 16.7 Å². The Labute approximate surface area is 220 Å². The average Bonchev–Trinajstić information content (AvgIpc) is 3.33. The minimum absolute atomic E-state index is 0.0404. The number of carbonyl (C=O) groups excluding carboxylic acids is 1. The van der Waals surface area contributed by atoms with Crippen molar-refractivity contribution in [2.24, 2.45) is 5.92 Å². The van der Waals surface area contributed by atoms with Crippen LogP contribution in [0.25, 0.3) is 10.2 Å². The van der Waals surface area contributed by atoms with Crippen molar-refractivity contribution in [2.75, 3.05) is 18.0 Å². The smallest absolute Gasteiger partial charge is 0.243 e. The summed E-state index contributed by atoms with van der Waals surface area (Å²) in [6.07, 6.45) is 0.918. The molecule has 0 aliphatic carbocycles. The topological polar surface area (TPSA) is 70.6 Å². The Balaban J connectivity index is 1.37. The molecule has 9 heteroatoms. The van der Waals surface area contributed by atoms with Crippen LogP contribution >= 0.6 is 22.9 Å². The maximum absolute atomic E-state index is 13.8. The van der Waals surface area contributed by atoms with Gasteiger partial charge in [-0.25, -0.2) is 13.4 Å². The number of nitrogens with zero attached hydrogens (tertiary/aromatic N) is 3. The van der Waals surface area contributed by atoms with Gasteiger partial charge in [0.25, 0.3) is 0 Å². The minimum atomic E-state index is -3.59. The van der Waals surface area contributed by atoms with Gasteiger partial charge in [-0.05, 0) is 49.6 Å². The second-order valence-electron chi connectivity index (χ2n) is 8.98. The van der Waals surface area contributed by atoms with Gasteiger partial charge in [-0.15, -0.1) is 0 Å². The molecule has 1 amide bonds. The minimum Gasteiger partial charge on any atom is -0.283 e. The SMILES string of the molecule is Cc1ccc(S(=O)(=O)N2CCC(C(=O)N(Cc3ccccc3)c3nc4c(Cl)cccc4s3)CC2)cc1. The number of aryl methyl sites for hydroxylation is 1. The summed E-state index contributed by atoms with van der Waals surface area (Å²) in [7, 11) is -3.59. The number of sulfonamides is 1.